The van der Waals surface area contributed by atoms with Crippen molar-refractivity contribution in [3.8, 4) is 5.75 Å². The fourth-order valence-electron chi connectivity index (χ4n) is 4.12. The van der Waals surface area contributed by atoms with Crippen molar-refractivity contribution in [1.82, 2.24) is 14.7 Å². The van der Waals surface area contributed by atoms with Crippen molar-refractivity contribution in [1.29, 1.82) is 0 Å². The van der Waals surface area contributed by atoms with E-state index in [1.54, 1.807) is 18.9 Å². The van der Waals surface area contributed by atoms with Gasteiger partial charge in [0.25, 0.3) is 5.91 Å². The quantitative estimate of drug-likeness (QED) is 0.417. The number of piperazine rings is 1. The molecule has 2 aromatic rings. The number of benzene rings is 1. The van der Waals surface area contributed by atoms with Crippen molar-refractivity contribution in [2.45, 2.75) is 27.3 Å². The molecular formula is C25H34N4O4S2. The standard InChI is InChI=1S/C25H34N4O4S2/c1-6-28(7-2)23(30)21-17(3)20(24(31)33-5)22(35-21)26-25(34)29-13-11-27(12-14-29)16-18-9-8-10-19(15-18)32-4/h8-10,15H,6-7,11-14,16H2,1-5H3,(H,26,34). The number of rotatable bonds is 8. The first-order chi connectivity index (χ1) is 16.8. The van der Waals surface area contributed by atoms with Gasteiger partial charge in [-0.1, -0.05) is 12.1 Å². The number of ether oxygens (including phenoxy) is 2. The Bertz CT molecular complexity index is 1060. The zero-order chi connectivity index (χ0) is 25.5. The minimum atomic E-state index is -0.481. The molecule has 0 spiro atoms. The van der Waals surface area contributed by atoms with Crippen LogP contribution in [0.1, 0.15) is 45.0 Å². The number of amides is 1. The zero-order valence-electron chi connectivity index (χ0n) is 21.1. The predicted octanol–water partition coefficient (Wildman–Crippen LogP) is 3.85. The lowest BCUT2D eigenvalue weighted by atomic mass is 10.1. The fraction of sp³-hybridized carbons (Fsp3) is 0.480. The average Bonchev–Trinajstić information content (AvgIpc) is 3.20. The molecule has 0 atom stereocenters. The molecule has 2 heterocycles. The summed E-state index contributed by atoms with van der Waals surface area (Å²) in [6.45, 7) is 10.9. The van der Waals surface area contributed by atoms with Crippen molar-refractivity contribution >= 4 is 45.5 Å². The molecule has 0 bridgehead atoms. The highest BCUT2D eigenvalue weighted by atomic mass is 32.1. The van der Waals surface area contributed by atoms with Crippen LogP contribution in [0.15, 0.2) is 24.3 Å². The Kier molecular flexibility index (Phi) is 9.47. The molecule has 10 heteroatoms. The molecule has 190 valence electrons. The van der Waals surface area contributed by atoms with Crippen LogP contribution >= 0.6 is 23.6 Å². The molecule has 0 unspecified atom stereocenters. The summed E-state index contributed by atoms with van der Waals surface area (Å²) in [7, 11) is 3.02. The van der Waals surface area contributed by atoms with Crippen LogP contribution in [-0.2, 0) is 11.3 Å². The molecule has 8 nitrogen and oxygen atoms in total. The zero-order valence-corrected chi connectivity index (χ0v) is 22.7. The lowest BCUT2D eigenvalue weighted by Crippen LogP contribution is -2.49. The summed E-state index contributed by atoms with van der Waals surface area (Å²) in [6.07, 6.45) is 0. The Morgan fingerprint density at radius 1 is 1.14 bits per heavy atom. The predicted molar refractivity (Wildman–Crippen MR) is 144 cm³/mol. The van der Waals surface area contributed by atoms with Crippen LogP contribution in [0.2, 0.25) is 0 Å². The van der Waals surface area contributed by atoms with Crippen molar-refractivity contribution in [2.75, 3.05) is 58.8 Å². The second kappa shape index (κ2) is 12.3. The van der Waals surface area contributed by atoms with E-state index in [0.29, 0.717) is 39.2 Å². The second-order valence-electron chi connectivity index (χ2n) is 8.27. The maximum atomic E-state index is 13.0. The summed E-state index contributed by atoms with van der Waals surface area (Å²) in [5.41, 5.74) is 2.19. The van der Waals surface area contributed by atoms with Gasteiger partial charge in [0.1, 0.15) is 10.8 Å². The number of thiocarbonyl (C=S) groups is 1. The first kappa shape index (κ1) is 26.9. The van der Waals surface area contributed by atoms with E-state index in [9.17, 15) is 9.59 Å². The molecule has 0 radical (unpaired) electrons. The molecule has 1 aromatic heterocycles. The maximum Gasteiger partial charge on any atom is 0.341 e. The number of esters is 1. The third-order valence-electron chi connectivity index (χ3n) is 6.20. The summed E-state index contributed by atoms with van der Waals surface area (Å²) in [5, 5.41) is 4.33. The molecular weight excluding hydrogens is 484 g/mol. The van der Waals surface area contributed by atoms with Crippen LogP contribution in [0.4, 0.5) is 5.00 Å². The summed E-state index contributed by atoms with van der Waals surface area (Å²) < 4.78 is 10.3. The van der Waals surface area contributed by atoms with E-state index in [0.717, 1.165) is 38.5 Å². The first-order valence-corrected chi connectivity index (χ1v) is 13.0. The highest BCUT2D eigenvalue weighted by Gasteiger charge is 2.28. The first-order valence-electron chi connectivity index (χ1n) is 11.7. The largest absolute Gasteiger partial charge is 0.497 e. The SMILES string of the molecule is CCN(CC)C(=O)c1sc(NC(=S)N2CCN(Cc3cccc(OC)c3)CC2)c(C(=O)OC)c1C. The molecule has 0 saturated carbocycles. The van der Waals surface area contributed by atoms with Crippen molar-refractivity contribution in [2.24, 2.45) is 0 Å². The van der Waals surface area contributed by atoms with Crippen LogP contribution < -0.4 is 10.1 Å². The summed E-state index contributed by atoms with van der Waals surface area (Å²) in [6, 6.07) is 8.11. The van der Waals surface area contributed by atoms with E-state index >= 15 is 0 Å². The van der Waals surface area contributed by atoms with Gasteiger partial charge in [0.15, 0.2) is 5.11 Å². The van der Waals surface area contributed by atoms with Crippen LogP contribution in [-0.4, -0.2) is 85.2 Å². The van der Waals surface area contributed by atoms with Crippen molar-refractivity contribution < 1.29 is 19.1 Å². The number of nitrogens with one attached hydrogen (secondary N) is 1. The van der Waals surface area contributed by atoms with Gasteiger partial charge >= 0.3 is 5.97 Å². The Balaban J connectivity index is 1.68. The Morgan fingerprint density at radius 2 is 1.83 bits per heavy atom. The van der Waals surface area contributed by atoms with Crippen LogP contribution in [0.3, 0.4) is 0 Å². The highest BCUT2D eigenvalue weighted by molar-refractivity contribution is 7.80. The van der Waals surface area contributed by atoms with Gasteiger partial charge in [-0.2, -0.15) is 0 Å². The number of hydrogen-bond donors (Lipinski definition) is 1. The molecule has 1 aliphatic rings. The number of methoxy groups -OCH3 is 2. The molecule has 1 aliphatic heterocycles. The van der Waals surface area contributed by atoms with E-state index in [4.69, 9.17) is 21.7 Å². The monoisotopic (exact) mass is 518 g/mol. The van der Waals surface area contributed by atoms with Gasteiger partial charge < -0.3 is 24.6 Å². The highest BCUT2D eigenvalue weighted by Crippen LogP contribution is 2.35. The maximum absolute atomic E-state index is 13.0. The summed E-state index contributed by atoms with van der Waals surface area (Å²) in [5.74, 6) is 0.288. The molecule has 35 heavy (non-hydrogen) atoms. The van der Waals surface area contributed by atoms with Gasteiger partial charge in [0.05, 0.1) is 24.7 Å². The molecule has 1 fully saturated rings. The fourth-order valence-corrected chi connectivity index (χ4v) is 5.63. The third kappa shape index (κ3) is 6.31. The number of carbonyl (C=O) groups is 2. The van der Waals surface area contributed by atoms with E-state index in [-0.39, 0.29) is 5.91 Å². The summed E-state index contributed by atoms with van der Waals surface area (Å²) in [4.78, 5) is 32.3. The number of hydrogen-bond acceptors (Lipinski definition) is 7. The average molecular weight is 519 g/mol. The number of thiophene rings is 1. The summed E-state index contributed by atoms with van der Waals surface area (Å²) >= 11 is 6.95. The molecule has 0 aliphatic carbocycles. The molecule has 1 N–H and O–H groups in total. The Morgan fingerprint density at radius 3 is 2.43 bits per heavy atom. The second-order valence-corrected chi connectivity index (χ2v) is 9.68. The van der Waals surface area contributed by atoms with Gasteiger partial charge in [-0.05, 0) is 56.2 Å². The van der Waals surface area contributed by atoms with Gasteiger partial charge in [-0.15, -0.1) is 11.3 Å². The number of nitrogens with zero attached hydrogens (tertiary/aromatic N) is 3. The normalized spacial score (nSPS) is 13.9. The van der Waals surface area contributed by atoms with Crippen LogP contribution in [0, 0.1) is 6.92 Å². The lowest BCUT2D eigenvalue weighted by Gasteiger charge is -2.36. The van der Waals surface area contributed by atoms with E-state index in [2.05, 4.69) is 27.2 Å². The van der Waals surface area contributed by atoms with Gasteiger partial charge in [-0.25, -0.2) is 4.79 Å². The van der Waals surface area contributed by atoms with E-state index in [1.165, 1.54) is 24.0 Å². The molecule has 1 aromatic carbocycles. The van der Waals surface area contributed by atoms with Gasteiger partial charge in [0, 0.05) is 45.8 Å². The number of carbonyl (C=O) groups excluding carboxylic acids is 2. The van der Waals surface area contributed by atoms with Crippen LogP contribution in [0.5, 0.6) is 5.75 Å². The Labute approximate surface area is 216 Å². The smallest absolute Gasteiger partial charge is 0.341 e. The molecule has 1 saturated heterocycles. The topological polar surface area (TPSA) is 74.4 Å². The van der Waals surface area contributed by atoms with Crippen molar-refractivity contribution in [3.05, 3.63) is 45.8 Å². The van der Waals surface area contributed by atoms with E-state index < -0.39 is 5.97 Å². The minimum absolute atomic E-state index is 0.0900. The Hall–Kier alpha value is -2.69. The third-order valence-corrected chi connectivity index (χ3v) is 7.76. The molecule has 1 amide bonds. The minimum Gasteiger partial charge on any atom is -0.497 e. The lowest BCUT2D eigenvalue weighted by molar-refractivity contribution is 0.0601. The van der Waals surface area contributed by atoms with Gasteiger partial charge in [-0.3, -0.25) is 9.69 Å². The van der Waals surface area contributed by atoms with E-state index in [1.807, 2.05) is 26.0 Å². The van der Waals surface area contributed by atoms with Crippen LogP contribution in [0.25, 0.3) is 0 Å². The van der Waals surface area contributed by atoms with Gasteiger partial charge in [0.2, 0.25) is 0 Å². The molecule has 3 rings (SSSR count). The number of anilines is 1. The van der Waals surface area contributed by atoms with Crippen molar-refractivity contribution in [3.63, 3.8) is 0 Å².